The predicted octanol–water partition coefficient (Wildman–Crippen LogP) is 0.0842. The van der Waals surface area contributed by atoms with Crippen molar-refractivity contribution in [3.8, 4) is 0 Å². The molecule has 10 heteroatoms. The summed E-state index contributed by atoms with van der Waals surface area (Å²) >= 11 is 0. The molecule has 0 atom stereocenters. The van der Waals surface area contributed by atoms with Crippen LogP contribution in [0.3, 0.4) is 0 Å². The average molecular weight is 397 g/mol. The molecule has 4 heterocycles. The number of nitrogens with zero attached hydrogens (tertiary/aromatic N) is 6. The minimum Gasteiger partial charge on any atom is -0.378 e. The lowest BCUT2D eigenvalue weighted by atomic mass is 10.3. The van der Waals surface area contributed by atoms with Gasteiger partial charge >= 0.3 is 0 Å². The first-order valence-corrected chi connectivity index (χ1v) is 11.1. The van der Waals surface area contributed by atoms with Crippen LogP contribution in [0.5, 0.6) is 0 Å². The Morgan fingerprint density at radius 3 is 2.15 bits per heavy atom. The second-order valence-electron chi connectivity index (χ2n) is 7.27. The van der Waals surface area contributed by atoms with Crippen molar-refractivity contribution in [3.05, 3.63) is 11.8 Å². The van der Waals surface area contributed by atoms with Crippen molar-refractivity contribution < 1.29 is 13.2 Å². The molecule has 0 radical (unpaired) electrons. The number of piperazine rings is 1. The summed E-state index contributed by atoms with van der Waals surface area (Å²) in [6.07, 6.45) is 1.92. The molecule has 1 aromatic rings. The van der Waals surface area contributed by atoms with Crippen molar-refractivity contribution in [3.63, 3.8) is 0 Å². The molecule has 27 heavy (non-hydrogen) atoms. The minimum absolute atomic E-state index is 0.475. The van der Waals surface area contributed by atoms with E-state index in [-0.39, 0.29) is 0 Å². The first-order chi connectivity index (χ1) is 13.0. The molecule has 0 unspecified atom stereocenters. The molecule has 0 spiro atoms. The highest BCUT2D eigenvalue weighted by Crippen LogP contribution is 2.22. The predicted molar refractivity (Wildman–Crippen MR) is 103 cm³/mol. The Morgan fingerprint density at radius 1 is 0.852 bits per heavy atom. The summed E-state index contributed by atoms with van der Waals surface area (Å²) in [6, 6.07) is 2.00. The van der Waals surface area contributed by atoms with E-state index < -0.39 is 10.2 Å². The van der Waals surface area contributed by atoms with E-state index in [9.17, 15) is 8.42 Å². The van der Waals surface area contributed by atoms with Crippen LogP contribution in [0.4, 0.5) is 11.8 Å². The van der Waals surface area contributed by atoms with E-state index in [0.717, 1.165) is 37.4 Å². The lowest BCUT2D eigenvalue weighted by Gasteiger charge is -2.36. The molecule has 9 nitrogen and oxygen atoms in total. The van der Waals surface area contributed by atoms with Gasteiger partial charge in [-0.3, -0.25) is 0 Å². The molecular formula is C17H28N6O3S. The number of hydrogen-bond donors (Lipinski definition) is 0. The Morgan fingerprint density at radius 2 is 1.48 bits per heavy atom. The van der Waals surface area contributed by atoms with Crippen molar-refractivity contribution >= 4 is 22.0 Å². The molecular weight excluding hydrogens is 368 g/mol. The van der Waals surface area contributed by atoms with Gasteiger partial charge in [-0.05, 0) is 19.8 Å². The third-order valence-electron chi connectivity index (χ3n) is 5.40. The molecule has 1 aromatic heterocycles. The maximum absolute atomic E-state index is 12.7. The Balaban J connectivity index is 1.44. The number of hydrogen-bond acceptors (Lipinski definition) is 7. The zero-order valence-electron chi connectivity index (χ0n) is 15.9. The normalized spacial score (nSPS) is 23.1. The molecule has 0 aliphatic carbocycles. The Hall–Kier alpha value is -1.49. The SMILES string of the molecule is Cc1cc(N2CCOCC2)nc(N2CCN(S(=O)(=O)N3CCCC3)CC2)n1. The summed E-state index contributed by atoms with van der Waals surface area (Å²) in [4.78, 5) is 13.7. The summed E-state index contributed by atoms with van der Waals surface area (Å²) in [7, 11) is -3.32. The number of aromatic nitrogens is 2. The van der Waals surface area contributed by atoms with Gasteiger partial charge in [0.05, 0.1) is 13.2 Å². The molecule has 0 N–H and O–H groups in total. The number of aryl methyl sites for hydroxylation is 1. The van der Waals surface area contributed by atoms with Crippen LogP contribution < -0.4 is 9.80 Å². The van der Waals surface area contributed by atoms with Crippen LogP contribution in [0.15, 0.2) is 6.07 Å². The standard InChI is InChI=1S/C17H28N6O3S/c1-15-14-16(20-10-12-26-13-11-20)19-17(18-15)21-6-8-23(9-7-21)27(24,25)22-4-2-3-5-22/h14H,2-13H2,1H3. The summed E-state index contributed by atoms with van der Waals surface area (Å²) < 4.78 is 34.1. The average Bonchev–Trinajstić information content (AvgIpc) is 3.24. The van der Waals surface area contributed by atoms with E-state index in [4.69, 9.17) is 9.72 Å². The third-order valence-corrected chi connectivity index (χ3v) is 7.44. The molecule has 3 aliphatic heterocycles. The second kappa shape index (κ2) is 7.86. The van der Waals surface area contributed by atoms with E-state index in [1.807, 2.05) is 13.0 Å². The Kier molecular flexibility index (Phi) is 5.49. The maximum Gasteiger partial charge on any atom is 0.282 e. The number of rotatable bonds is 4. The second-order valence-corrected chi connectivity index (χ2v) is 9.20. The van der Waals surface area contributed by atoms with Gasteiger partial charge in [-0.25, -0.2) is 4.98 Å². The van der Waals surface area contributed by atoms with Crippen molar-refractivity contribution in [2.24, 2.45) is 0 Å². The fraction of sp³-hybridized carbons (Fsp3) is 0.765. The van der Waals surface area contributed by atoms with E-state index in [1.54, 1.807) is 8.61 Å². The minimum atomic E-state index is -3.32. The zero-order valence-corrected chi connectivity index (χ0v) is 16.7. The first-order valence-electron chi connectivity index (χ1n) is 9.72. The van der Waals surface area contributed by atoms with Crippen LogP contribution in [0.25, 0.3) is 0 Å². The van der Waals surface area contributed by atoms with E-state index in [1.165, 1.54) is 0 Å². The van der Waals surface area contributed by atoms with E-state index >= 15 is 0 Å². The lowest BCUT2D eigenvalue weighted by Crippen LogP contribution is -2.53. The van der Waals surface area contributed by atoms with Gasteiger partial charge in [0.15, 0.2) is 0 Å². The Labute approximate surface area is 161 Å². The molecule has 0 aromatic carbocycles. The first kappa shape index (κ1) is 18.9. The van der Waals surface area contributed by atoms with Gasteiger partial charge in [-0.2, -0.15) is 22.0 Å². The quantitative estimate of drug-likeness (QED) is 0.713. The van der Waals surface area contributed by atoms with Gasteiger partial charge in [0.25, 0.3) is 10.2 Å². The molecule has 3 fully saturated rings. The van der Waals surface area contributed by atoms with Crippen molar-refractivity contribution in [2.45, 2.75) is 19.8 Å². The third kappa shape index (κ3) is 4.03. The molecule has 3 aliphatic rings. The molecule has 4 rings (SSSR count). The van der Waals surface area contributed by atoms with Crippen molar-refractivity contribution in [1.29, 1.82) is 0 Å². The molecule has 0 saturated carbocycles. The number of ether oxygens (including phenoxy) is 1. The van der Waals surface area contributed by atoms with Crippen LogP contribution in [-0.4, -0.2) is 92.6 Å². The van der Waals surface area contributed by atoms with E-state index in [2.05, 4.69) is 14.8 Å². The fourth-order valence-corrected chi connectivity index (χ4v) is 5.50. The summed E-state index contributed by atoms with van der Waals surface area (Å²) in [5.74, 6) is 1.61. The summed E-state index contributed by atoms with van der Waals surface area (Å²) in [5.41, 5.74) is 0.925. The Bertz CT molecular complexity index is 754. The van der Waals surface area contributed by atoms with Crippen molar-refractivity contribution in [2.75, 3.05) is 75.4 Å². The topological polar surface area (TPSA) is 82.1 Å². The smallest absolute Gasteiger partial charge is 0.282 e. The zero-order chi connectivity index (χ0) is 18.9. The van der Waals surface area contributed by atoms with Crippen LogP contribution in [-0.2, 0) is 14.9 Å². The van der Waals surface area contributed by atoms with Gasteiger partial charge in [0.1, 0.15) is 5.82 Å². The molecule has 0 bridgehead atoms. The van der Waals surface area contributed by atoms with Gasteiger partial charge < -0.3 is 14.5 Å². The van der Waals surface area contributed by atoms with Crippen LogP contribution >= 0.6 is 0 Å². The van der Waals surface area contributed by atoms with Crippen LogP contribution in [0, 0.1) is 6.92 Å². The number of morpholine rings is 1. The number of anilines is 2. The van der Waals surface area contributed by atoms with Crippen LogP contribution in [0.1, 0.15) is 18.5 Å². The summed E-state index contributed by atoms with van der Waals surface area (Å²) in [5, 5.41) is 0. The highest BCUT2D eigenvalue weighted by atomic mass is 32.2. The lowest BCUT2D eigenvalue weighted by molar-refractivity contribution is 0.122. The van der Waals surface area contributed by atoms with E-state index in [0.29, 0.717) is 58.4 Å². The molecule has 150 valence electrons. The molecule has 3 saturated heterocycles. The maximum atomic E-state index is 12.7. The van der Waals surface area contributed by atoms with Crippen molar-refractivity contribution in [1.82, 2.24) is 18.6 Å². The monoisotopic (exact) mass is 396 g/mol. The molecule has 0 amide bonds. The fourth-order valence-electron chi connectivity index (χ4n) is 3.83. The van der Waals surface area contributed by atoms with Crippen LogP contribution in [0.2, 0.25) is 0 Å². The highest BCUT2D eigenvalue weighted by Gasteiger charge is 2.34. The van der Waals surface area contributed by atoms with Gasteiger partial charge in [0, 0.05) is 64.1 Å². The van der Waals surface area contributed by atoms with Gasteiger partial charge in [0.2, 0.25) is 5.95 Å². The van der Waals surface area contributed by atoms with Gasteiger partial charge in [-0.1, -0.05) is 0 Å². The highest BCUT2D eigenvalue weighted by molar-refractivity contribution is 7.86. The van der Waals surface area contributed by atoms with Gasteiger partial charge in [-0.15, -0.1) is 0 Å². The largest absolute Gasteiger partial charge is 0.378 e. The summed E-state index contributed by atoms with van der Waals surface area (Å²) in [6.45, 7) is 8.53.